The number of carbonyl (C=O) groups excluding carboxylic acids is 2. The van der Waals surface area contributed by atoms with Crippen LogP contribution in [0.5, 0.6) is 0 Å². The summed E-state index contributed by atoms with van der Waals surface area (Å²) >= 11 is 5.57. The summed E-state index contributed by atoms with van der Waals surface area (Å²) in [4.78, 5) is 23.3. The number of aliphatic hydroxyl groups is 1. The lowest BCUT2D eigenvalue weighted by Gasteiger charge is -2.27. The Kier molecular flexibility index (Phi) is 5.69. The number of hydrogen-bond donors (Lipinski definition) is 3. The molecule has 0 saturated carbocycles. The van der Waals surface area contributed by atoms with Gasteiger partial charge < -0.3 is 15.7 Å². The van der Waals surface area contributed by atoms with E-state index in [1.54, 1.807) is 20.8 Å². The first-order chi connectivity index (χ1) is 9.63. The normalized spacial score (nSPS) is 13.7. The van der Waals surface area contributed by atoms with Gasteiger partial charge >= 0.3 is 11.8 Å². The summed E-state index contributed by atoms with van der Waals surface area (Å²) in [5.74, 6) is -2.52. The van der Waals surface area contributed by atoms with E-state index in [2.05, 4.69) is 10.6 Å². The molecule has 21 heavy (non-hydrogen) atoms. The molecule has 7 heteroatoms. The number of rotatable bonds is 4. The van der Waals surface area contributed by atoms with Crippen LogP contribution in [0.4, 0.5) is 10.1 Å². The molecule has 0 heterocycles. The SMILES string of the molecule is CC(C)C(C)(O)CNC(=O)C(=O)Nc1ccc(F)c(Cl)c1. The van der Waals surface area contributed by atoms with Crippen molar-refractivity contribution in [1.82, 2.24) is 5.32 Å². The average molecular weight is 317 g/mol. The van der Waals surface area contributed by atoms with Crippen LogP contribution in [-0.4, -0.2) is 29.1 Å². The molecule has 1 aromatic rings. The van der Waals surface area contributed by atoms with Crippen molar-refractivity contribution in [2.24, 2.45) is 5.92 Å². The second-order valence-electron chi connectivity index (χ2n) is 5.28. The van der Waals surface area contributed by atoms with E-state index in [-0.39, 0.29) is 23.2 Å². The van der Waals surface area contributed by atoms with Gasteiger partial charge in [-0.2, -0.15) is 0 Å². The van der Waals surface area contributed by atoms with Gasteiger partial charge in [0.15, 0.2) is 0 Å². The average Bonchev–Trinajstić information content (AvgIpc) is 2.40. The quantitative estimate of drug-likeness (QED) is 0.743. The highest BCUT2D eigenvalue weighted by atomic mass is 35.5. The highest BCUT2D eigenvalue weighted by molar-refractivity contribution is 6.39. The maximum absolute atomic E-state index is 13.0. The fraction of sp³-hybridized carbons (Fsp3) is 0.429. The third kappa shape index (κ3) is 4.99. The van der Waals surface area contributed by atoms with Crippen LogP contribution in [0.2, 0.25) is 5.02 Å². The van der Waals surface area contributed by atoms with Crippen molar-refractivity contribution in [3.8, 4) is 0 Å². The Morgan fingerprint density at radius 1 is 1.38 bits per heavy atom. The van der Waals surface area contributed by atoms with Crippen LogP contribution < -0.4 is 10.6 Å². The first kappa shape index (κ1) is 17.4. The van der Waals surface area contributed by atoms with Crippen LogP contribution in [0, 0.1) is 11.7 Å². The van der Waals surface area contributed by atoms with Crippen molar-refractivity contribution < 1.29 is 19.1 Å². The second kappa shape index (κ2) is 6.87. The molecule has 0 aromatic heterocycles. The van der Waals surface area contributed by atoms with E-state index in [0.29, 0.717) is 0 Å². The number of carbonyl (C=O) groups is 2. The zero-order chi connectivity index (χ0) is 16.2. The Labute approximate surface area is 127 Å². The Hall–Kier alpha value is -1.66. The molecule has 0 aliphatic heterocycles. The number of amides is 2. The van der Waals surface area contributed by atoms with Crippen molar-refractivity contribution in [2.75, 3.05) is 11.9 Å². The zero-order valence-electron chi connectivity index (χ0n) is 12.0. The predicted molar refractivity (Wildman–Crippen MR) is 78.5 cm³/mol. The Balaban J connectivity index is 2.59. The fourth-order valence-electron chi connectivity index (χ4n) is 1.31. The molecule has 116 valence electrons. The first-order valence-corrected chi connectivity index (χ1v) is 6.78. The Bertz CT molecular complexity index is 547. The molecule has 0 aliphatic rings. The minimum absolute atomic E-state index is 0.0545. The van der Waals surface area contributed by atoms with Gasteiger partial charge in [-0.3, -0.25) is 9.59 Å². The van der Waals surface area contributed by atoms with Crippen LogP contribution in [0.3, 0.4) is 0 Å². The molecule has 0 bridgehead atoms. The van der Waals surface area contributed by atoms with Crippen LogP contribution in [0.25, 0.3) is 0 Å². The summed E-state index contributed by atoms with van der Waals surface area (Å²) in [6, 6.07) is 3.57. The number of halogens is 2. The van der Waals surface area contributed by atoms with Crippen LogP contribution in [0.1, 0.15) is 20.8 Å². The van der Waals surface area contributed by atoms with Gasteiger partial charge in [0.05, 0.1) is 10.6 Å². The molecule has 0 radical (unpaired) electrons. The lowest BCUT2D eigenvalue weighted by Crippen LogP contribution is -2.47. The molecule has 2 amide bonds. The second-order valence-corrected chi connectivity index (χ2v) is 5.68. The molecule has 3 N–H and O–H groups in total. The van der Waals surface area contributed by atoms with Crippen molar-refractivity contribution >= 4 is 29.1 Å². The molecule has 1 unspecified atom stereocenters. The smallest absolute Gasteiger partial charge is 0.313 e. The van der Waals surface area contributed by atoms with Gasteiger partial charge in [-0.1, -0.05) is 25.4 Å². The minimum atomic E-state index is -1.12. The van der Waals surface area contributed by atoms with E-state index >= 15 is 0 Å². The molecular formula is C14H18ClFN2O3. The van der Waals surface area contributed by atoms with Gasteiger partial charge in [0, 0.05) is 12.2 Å². The number of anilines is 1. The highest BCUT2D eigenvalue weighted by Crippen LogP contribution is 2.19. The maximum Gasteiger partial charge on any atom is 0.313 e. The van der Waals surface area contributed by atoms with Gasteiger partial charge in [-0.05, 0) is 31.0 Å². The van der Waals surface area contributed by atoms with E-state index < -0.39 is 23.2 Å². The van der Waals surface area contributed by atoms with Gasteiger partial charge in [0.2, 0.25) is 0 Å². The Morgan fingerprint density at radius 3 is 2.52 bits per heavy atom. The standard InChI is InChI=1S/C14H18ClFN2O3/c1-8(2)14(3,21)7-17-12(19)13(20)18-9-4-5-11(16)10(15)6-9/h4-6,8,21H,7H2,1-3H3,(H,17,19)(H,18,20). The summed E-state index contributed by atoms with van der Waals surface area (Å²) in [5, 5.41) is 14.5. The summed E-state index contributed by atoms with van der Waals surface area (Å²) in [5.41, 5.74) is -0.910. The summed E-state index contributed by atoms with van der Waals surface area (Å²) < 4.78 is 13.0. The third-order valence-corrected chi connectivity index (χ3v) is 3.52. The van der Waals surface area contributed by atoms with Crippen molar-refractivity contribution in [2.45, 2.75) is 26.4 Å². The Morgan fingerprint density at radius 2 is 2.00 bits per heavy atom. The molecule has 1 rings (SSSR count). The molecule has 0 spiro atoms. The molecule has 1 aromatic carbocycles. The van der Waals surface area contributed by atoms with E-state index in [0.717, 1.165) is 6.07 Å². The molecule has 0 saturated heterocycles. The number of nitrogens with one attached hydrogen (secondary N) is 2. The monoisotopic (exact) mass is 316 g/mol. The van der Waals surface area contributed by atoms with Crippen LogP contribution >= 0.6 is 11.6 Å². The van der Waals surface area contributed by atoms with Gasteiger partial charge in [0.1, 0.15) is 5.82 Å². The molecular weight excluding hydrogens is 299 g/mol. The molecule has 0 fully saturated rings. The van der Waals surface area contributed by atoms with Crippen LogP contribution in [0.15, 0.2) is 18.2 Å². The lowest BCUT2D eigenvalue weighted by atomic mass is 9.92. The number of hydrogen-bond acceptors (Lipinski definition) is 3. The lowest BCUT2D eigenvalue weighted by molar-refractivity contribution is -0.137. The summed E-state index contributed by atoms with van der Waals surface area (Å²) in [7, 11) is 0. The van der Waals surface area contributed by atoms with Gasteiger partial charge in [-0.15, -0.1) is 0 Å². The molecule has 1 atom stereocenters. The number of benzene rings is 1. The van der Waals surface area contributed by atoms with Crippen LogP contribution in [-0.2, 0) is 9.59 Å². The van der Waals surface area contributed by atoms with E-state index in [1.807, 2.05) is 0 Å². The fourth-order valence-corrected chi connectivity index (χ4v) is 1.49. The van der Waals surface area contributed by atoms with Gasteiger partial charge in [-0.25, -0.2) is 4.39 Å². The predicted octanol–water partition coefficient (Wildman–Crippen LogP) is 1.94. The summed E-state index contributed by atoms with van der Waals surface area (Å²) in [6.07, 6.45) is 0. The zero-order valence-corrected chi connectivity index (χ0v) is 12.8. The largest absolute Gasteiger partial charge is 0.388 e. The summed E-state index contributed by atoms with van der Waals surface area (Å²) in [6.45, 7) is 5.11. The van der Waals surface area contributed by atoms with Crippen molar-refractivity contribution in [3.05, 3.63) is 29.0 Å². The topological polar surface area (TPSA) is 78.4 Å². The van der Waals surface area contributed by atoms with Crippen molar-refractivity contribution in [3.63, 3.8) is 0 Å². The minimum Gasteiger partial charge on any atom is -0.388 e. The van der Waals surface area contributed by atoms with E-state index in [1.165, 1.54) is 12.1 Å². The maximum atomic E-state index is 13.0. The molecule has 0 aliphatic carbocycles. The first-order valence-electron chi connectivity index (χ1n) is 6.40. The van der Waals surface area contributed by atoms with E-state index in [9.17, 15) is 19.1 Å². The van der Waals surface area contributed by atoms with Gasteiger partial charge in [0.25, 0.3) is 0 Å². The molecule has 5 nitrogen and oxygen atoms in total. The van der Waals surface area contributed by atoms with E-state index in [4.69, 9.17) is 11.6 Å². The highest BCUT2D eigenvalue weighted by Gasteiger charge is 2.26. The third-order valence-electron chi connectivity index (χ3n) is 3.23. The van der Waals surface area contributed by atoms with Crippen molar-refractivity contribution in [1.29, 1.82) is 0 Å².